The molecule has 0 unspecified atom stereocenters. The van der Waals surface area contributed by atoms with Crippen molar-refractivity contribution in [2.24, 2.45) is 0 Å². The maximum atomic E-state index is 13.1. The molecule has 5 heteroatoms. The molecule has 0 radical (unpaired) electrons. The van der Waals surface area contributed by atoms with Crippen molar-refractivity contribution < 1.29 is 9.18 Å². The quantitative estimate of drug-likeness (QED) is 0.715. The van der Waals surface area contributed by atoms with E-state index in [2.05, 4.69) is 0 Å². The molecule has 0 aromatic heterocycles. The van der Waals surface area contributed by atoms with Crippen molar-refractivity contribution in [3.63, 3.8) is 0 Å². The maximum Gasteiger partial charge on any atom is 0.147 e. The van der Waals surface area contributed by atoms with Gasteiger partial charge in [-0.15, -0.1) is 11.8 Å². The Morgan fingerprint density at radius 2 is 1.95 bits per heavy atom. The Labute approximate surface area is 131 Å². The first-order valence-electron chi connectivity index (χ1n) is 5.88. The van der Waals surface area contributed by atoms with Crippen molar-refractivity contribution in [1.29, 1.82) is 0 Å². The molecule has 2 aromatic rings. The molecule has 0 saturated heterocycles. The van der Waals surface area contributed by atoms with Gasteiger partial charge in [0, 0.05) is 21.4 Å². The number of halogens is 3. The SMILES string of the molecule is O=C(CSc1cccc(Cl)c1)Cc1cc(F)ccc1Cl. The van der Waals surface area contributed by atoms with Crippen LogP contribution in [0.2, 0.25) is 10.0 Å². The smallest absolute Gasteiger partial charge is 0.147 e. The van der Waals surface area contributed by atoms with E-state index >= 15 is 0 Å². The minimum absolute atomic E-state index is 0.0116. The summed E-state index contributed by atoms with van der Waals surface area (Å²) in [4.78, 5) is 12.8. The highest BCUT2D eigenvalue weighted by molar-refractivity contribution is 8.00. The molecule has 0 heterocycles. The molecular formula is C15H11Cl2FOS. The third-order valence-electron chi connectivity index (χ3n) is 2.59. The van der Waals surface area contributed by atoms with Gasteiger partial charge in [-0.3, -0.25) is 4.79 Å². The minimum atomic E-state index is -0.389. The Hall–Kier alpha value is -1.03. The highest BCUT2D eigenvalue weighted by Gasteiger charge is 2.09. The van der Waals surface area contributed by atoms with Crippen LogP contribution in [0.3, 0.4) is 0 Å². The molecule has 0 aliphatic carbocycles. The second-order valence-electron chi connectivity index (χ2n) is 4.20. The van der Waals surface area contributed by atoms with E-state index in [-0.39, 0.29) is 18.0 Å². The van der Waals surface area contributed by atoms with Crippen LogP contribution in [0.4, 0.5) is 4.39 Å². The Bertz CT molecular complexity index is 631. The van der Waals surface area contributed by atoms with Gasteiger partial charge in [-0.2, -0.15) is 0 Å². The van der Waals surface area contributed by atoms with E-state index in [1.165, 1.54) is 30.0 Å². The molecule has 2 rings (SSSR count). The van der Waals surface area contributed by atoms with Crippen LogP contribution in [0.5, 0.6) is 0 Å². The van der Waals surface area contributed by atoms with Gasteiger partial charge in [-0.25, -0.2) is 4.39 Å². The molecule has 1 nitrogen and oxygen atoms in total. The third-order valence-corrected chi connectivity index (χ3v) is 4.25. The van der Waals surface area contributed by atoms with Crippen LogP contribution in [0.15, 0.2) is 47.4 Å². The van der Waals surface area contributed by atoms with Crippen LogP contribution >= 0.6 is 35.0 Å². The van der Waals surface area contributed by atoms with Gasteiger partial charge in [0.2, 0.25) is 0 Å². The van der Waals surface area contributed by atoms with Crippen molar-refractivity contribution in [2.45, 2.75) is 11.3 Å². The van der Waals surface area contributed by atoms with Crippen molar-refractivity contribution in [3.8, 4) is 0 Å². The Morgan fingerprint density at radius 1 is 1.15 bits per heavy atom. The number of thioether (sulfide) groups is 1. The third kappa shape index (κ3) is 4.51. The second kappa shape index (κ2) is 7.11. The molecule has 0 spiro atoms. The molecule has 20 heavy (non-hydrogen) atoms. The van der Waals surface area contributed by atoms with Crippen LogP contribution in [0.1, 0.15) is 5.56 Å². The van der Waals surface area contributed by atoms with Crippen LogP contribution in [-0.4, -0.2) is 11.5 Å². The van der Waals surface area contributed by atoms with E-state index in [0.29, 0.717) is 21.4 Å². The Morgan fingerprint density at radius 3 is 2.70 bits per heavy atom. The number of benzene rings is 2. The lowest BCUT2D eigenvalue weighted by molar-refractivity contribution is -0.116. The summed E-state index contributed by atoms with van der Waals surface area (Å²) >= 11 is 13.2. The van der Waals surface area contributed by atoms with Gasteiger partial charge >= 0.3 is 0 Å². The average Bonchev–Trinajstić information content (AvgIpc) is 2.41. The average molecular weight is 329 g/mol. The fourth-order valence-electron chi connectivity index (χ4n) is 1.66. The molecule has 0 bridgehead atoms. The summed E-state index contributed by atoms with van der Waals surface area (Å²) in [6, 6.07) is 11.3. The summed E-state index contributed by atoms with van der Waals surface area (Å²) in [6.07, 6.45) is 0.129. The van der Waals surface area contributed by atoms with Crippen LogP contribution < -0.4 is 0 Å². The predicted octanol–water partition coefficient (Wildman–Crippen LogP) is 5.04. The molecule has 0 N–H and O–H groups in total. The number of carbonyl (C=O) groups is 1. The highest BCUT2D eigenvalue weighted by atomic mass is 35.5. The number of Topliss-reactive ketones (excluding diaryl/α,β-unsaturated/α-hetero) is 1. The molecular weight excluding hydrogens is 318 g/mol. The summed E-state index contributed by atoms with van der Waals surface area (Å²) in [6.45, 7) is 0. The van der Waals surface area contributed by atoms with Gasteiger partial charge in [-0.05, 0) is 42.0 Å². The van der Waals surface area contributed by atoms with E-state index in [1.54, 1.807) is 12.1 Å². The standard InChI is InChI=1S/C15H11Cl2FOS/c16-11-2-1-3-14(8-11)20-9-13(19)7-10-6-12(18)4-5-15(10)17/h1-6,8H,7,9H2. The lowest BCUT2D eigenvalue weighted by atomic mass is 10.1. The fraction of sp³-hybridized carbons (Fsp3) is 0.133. The molecule has 0 atom stereocenters. The first-order chi connectivity index (χ1) is 9.54. The van der Waals surface area contributed by atoms with E-state index in [4.69, 9.17) is 23.2 Å². The van der Waals surface area contributed by atoms with Crippen molar-refractivity contribution in [2.75, 3.05) is 5.75 Å². The fourth-order valence-corrected chi connectivity index (χ4v) is 2.92. The van der Waals surface area contributed by atoms with Crippen molar-refractivity contribution in [3.05, 3.63) is 63.9 Å². The van der Waals surface area contributed by atoms with Gasteiger partial charge in [0.05, 0.1) is 5.75 Å². The molecule has 0 fully saturated rings. The predicted molar refractivity (Wildman–Crippen MR) is 82.3 cm³/mol. The lowest BCUT2D eigenvalue weighted by Crippen LogP contribution is -2.06. The number of ketones is 1. The van der Waals surface area contributed by atoms with Crippen LogP contribution in [-0.2, 0) is 11.2 Å². The zero-order chi connectivity index (χ0) is 14.5. The maximum absolute atomic E-state index is 13.1. The summed E-state index contributed by atoms with van der Waals surface area (Å²) in [7, 11) is 0. The van der Waals surface area contributed by atoms with Crippen LogP contribution in [0, 0.1) is 5.82 Å². The molecule has 0 amide bonds. The van der Waals surface area contributed by atoms with E-state index in [9.17, 15) is 9.18 Å². The minimum Gasteiger partial charge on any atom is -0.298 e. The Kier molecular flexibility index (Phi) is 5.46. The molecule has 0 aliphatic heterocycles. The normalized spacial score (nSPS) is 10.6. The summed E-state index contributed by atoms with van der Waals surface area (Å²) < 4.78 is 13.1. The molecule has 104 valence electrons. The van der Waals surface area contributed by atoms with Crippen LogP contribution in [0.25, 0.3) is 0 Å². The topological polar surface area (TPSA) is 17.1 Å². The van der Waals surface area contributed by atoms with E-state index in [1.807, 2.05) is 12.1 Å². The monoisotopic (exact) mass is 328 g/mol. The second-order valence-corrected chi connectivity index (χ2v) is 6.09. The lowest BCUT2D eigenvalue weighted by Gasteiger charge is -2.04. The van der Waals surface area contributed by atoms with Crippen molar-refractivity contribution >= 4 is 40.7 Å². The molecule has 2 aromatic carbocycles. The summed E-state index contributed by atoms with van der Waals surface area (Å²) in [5, 5.41) is 1.04. The Balaban J connectivity index is 1.94. The summed E-state index contributed by atoms with van der Waals surface area (Å²) in [5.41, 5.74) is 0.517. The van der Waals surface area contributed by atoms with Gasteiger partial charge in [0.1, 0.15) is 11.6 Å². The first-order valence-corrected chi connectivity index (χ1v) is 7.63. The highest BCUT2D eigenvalue weighted by Crippen LogP contribution is 2.23. The largest absolute Gasteiger partial charge is 0.298 e. The van der Waals surface area contributed by atoms with E-state index < -0.39 is 0 Å². The zero-order valence-corrected chi connectivity index (χ0v) is 12.7. The number of hydrogen-bond donors (Lipinski definition) is 0. The van der Waals surface area contributed by atoms with Gasteiger partial charge < -0.3 is 0 Å². The van der Waals surface area contributed by atoms with Gasteiger partial charge in [-0.1, -0.05) is 29.3 Å². The zero-order valence-electron chi connectivity index (χ0n) is 10.4. The first kappa shape index (κ1) is 15.4. The number of hydrogen-bond acceptors (Lipinski definition) is 2. The molecule has 0 saturated carbocycles. The van der Waals surface area contributed by atoms with Gasteiger partial charge in [0.25, 0.3) is 0 Å². The summed E-state index contributed by atoms with van der Waals surface area (Å²) in [5.74, 6) is -0.102. The van der Waals surface area contributed by atoms with Crippen molar-refractivity contribution in [1.82, 2.24) is 0 Å². The number of carbonyl (C=O) groups excluding carboxylic acids is 1. The van der Waals surface area contributed by atoms with Gasteiger partial charge in [0.15, 0.2) is 0 Å². The van der Waals surface area contributed by atoms with E-state index in [0.717, 1.165) is 4.90 Å². The number of rotatable bonds is 5. The molecule has 0 aliphatic rings.